The van der Waals surface area contributed by atoms with Crippen molar-refractivity contribution < 1.29 is 19.1 Å². The van der Waals surface area contributed by atoms with E-state index < -0.39 is 11.9 Å². The molecule has 0 fully saturated rings. The second-order valence-electron chi connectivity index (χ2n) is 4.04. The van der Waals surface area contributed by atoms with Crippen molar-refractivity contribution in [1.82, 2.24) is 0 Å². The zero-order chi connectivity index (χ0) is 15.9. The van der Waals surface area contributed by atoms with Crippen molar-refractivity contribution in [3.05, 3.63) is 69.6 Å². The maximum absolute atomic E-state index is 11.6. The van der Waals surface area contributed by atoms with E-state index in [2.05, 4.69) is 31.9 Å². The molecule has 0 heterocycles. The fourth-order valence-corrected chi connectivity index (χ4v) is 2.21. The van der Waals surface area contributed by atoms with Gasteiger partial charge in [-0.2, -0.15) is 0 Å². The quantitative estimate of drug-likeness (QED) is 0.416. The van der Waals surface area contributed by atoms with Gasteiger partial charge < -0.3 is 9.47 Å². The molecule has 0 aliphatic heterocycles. The standard InChI is InChI=1S/C16H10Br2O4/c17-11-5-1-3-7-13(11)21-15(19)9-10-16(20)22-14-8-4-2-6-12(14)18/h1-10H/b10-9+. The van der Waals surface area contributed by atoms with Gasteiger partial charge in [-0.3, -0.25) is 0 Å². The molecule has 0 radical (unpaired) electrons. The van der Waals surface area contributed by atoms with E-state index in [0.717, 1.165) is 12.2 Å². The lowest BCUT2D eigenvalue weighted by Crippen LogP contribution is -2.08. The lowest BCUT2D eigenvalue weighted by Gasteiger charge is -2.04. The highest BCUT2D eigenvalue weighted by molar-refractivity contribution is 9.10. The first-order valence-electron chi connectivity index (χ1n) is 6.17. The average molecular weight is 426 g/mol. The van der Waals surface area contributed by atoms with E-state index >= 15 is 0 Å². The van der Waals surface area contributed by atoms with Crippen LogP contribution >= 0.6 is 31.9 Å². The fourth-order valence-electron chi connectivity index (χ4n) is 1.48. The third-order valence-electron chi connectivity index (χ3n) is 2.45. The van der Waals surface area contributed by atoms with Gasteiger partial charge in [-0.25, -0.2) is 9.59 Å². The van der Waals surface area contributed by atoms with Gasteiger partial charge in [0, 0.05) is 12.2 Å². The Morgan fingerprint density at radius 1 is 0.727 bits per heavy atom. The first-order chi connectivity index (χ1) is 10.6. The molecular formula is C16H10Br2O4. The van der Waals surface area contributed by atoms with Gasteiger partial charge in [0.2, 0.25) is 0 Å². The number of para-hydroxylation sites is 2. The van der Waals surface area contributed by atoms with Crippen molar-refractivity contribution >= 4 is 43.8 Å². The molecule has 0 aliphatic rings. The number of hydrogen-bond acceptors (Lipinski definition) is 4. The van der Waals surface area contributed by atoms with E-state index in [1.807, 2.05) is 0 Å². The molecule has 0 N–H and O–H groups in total. The number of carbonyl (C=O) groups excluding carboxylic acids is 2. The van der Waals surface area contributed by atoms with Crippen LogP contribution in [0.15, 0.2) is 69.6 Å². The molecule has 22 heavy (non-hydrogen) atoms. The first kappa shape index (κ1) is 16.5. The van der Waals surface area contributed by atoms with Gasteiger partial charge in [0.05, 0.1) is 8.95 Å². The molecular weight excluding hydrogens is 416 g/mol. The van der Waals surface area contributed by atoms with Crippen LogP contribution in [0, 0.1) is 0 Å². The zero-order valence-corrected chi connectivity index (χ0v) is 14.3. The lowest BCUT2D eigenvalue weighted by atomic mass is 10.3. The molecule has 0 unspecified atom stereocenters. The van der Waals surface area contributed by atoms with Gasteiger partial charge in [0.15, 0.2) is 0 Å². The summed E-state index contributed by atoms with van der Waals surface area (Å²) in [5.41, 5.74) is 0. The molecule has 0 bridgehead atoms. The summed E-state index contributed by atoms with van der Waals surface area (Å²) >= 11 is 6.52. The Bertz CT molecular complexity index is 664. The number of rotatable bonds is 4. The van der Waals surface area contributed by atoms with E-state index in [4.69, 9.17) is 9.47 Å². The molecule has 0 aromatic heterocycles. The number of carbonyl (C=O) groups is 2. The Hall–Kier alpha value is -1.92. The Morgan fingerprint density at radius 2 is 1.09 bits per heavy atom. The predicted molar refractivity (Wildman–Crippen MR) is 88.7 cm³/mol. The van der Waals surface area contributed by atoms with Gasteiger partial charge in [-0.1, -0.05) is 24.3 Å². The van der Waals surface area contributed by atoms with Crippen LogP contribution in [-0.2, 0) is 9.59 Å². The van der Waals surface area contributed by atoms with Crippen LogP contribution in [-0.4, -0.2) is 11.9 Å². The topological polar surface area (TPSA) is 52.6 Å². The van der Waals surface area contributed by atoms with Crippen molar-refractivity contribution in [2.24, 2.45) is 0 Å². The highest BCUT2D eigenvalue weighted by Gasteiger charge is 2.07. The van der Waals surface area contributed by atoms with Crippen LogP contribution in [0.5, 0.6) is 11.5 Å². The number of benzene rings is 2. The molecule has 0 amide bonds. The smallest absolute Gasteiger partial charge is 0.336 e. The molecule has 0 aliphatic carbocycles. The summed E-state index contributed by atoms with van der Waals surface area (Å²) in [5.74, 6) is -0.598. The minimum Gasteiger partial charge on any atom is -0.422 e. The Balaban J connectivity index is 1.94. The molecule has 0 saturated heterocycles. The molecule has 0 spiro atoms. The maximum atomic E-state index is 11.6. The summed E-state index contributed by atoms with van der Waals surface area (Å²) in [6, 6.07) is 13.8. The highest BCUT2D eigenvalue weighted by atomic mass is 79.9. The summed E-state index contributed by atoms with van der Waals surface area (Å²) < 4.78 is 11.5. The van der Waals surface area contributed by atoms with E-state index in [1.54, 1.807) is 48.5 Å². The maximum Gasteiger partial charge on any atom is 0.336 e. The molecule has 4 nitrogen and oxygen atoms in total. The van der Waals surface area contributed by atoms with Crippen LogP contribution < -0.4 is 9.47 Å². The predicted octanol–water partition coefficient (Wildman–Crippen LogP) is 4.28. The molecule has 2 rings (SSSR count). The summed E-state index contributed by atoms with van der Waals surface area (Å²) in [7, 11) is 0. The second-order valence-corrected chi connectivity index (χ2v) is 5.75. The lowest BCUT2D eigenvalue weighted by molar-refractivity contribution is -0.131. The van der Waals surface area contributed by atoms with Crippen molar-refractivity contribution in [3.63, 3.8) is 0 Å². The van der Waals surface area contributed by atoms with Gasteiger partial charge in [0.25, 0.3) is 0 Å². The minimum atomic E-state index is -0.670. The monoisotopic (exact) mass is 424 g/mol. The minimum absolute atomic E-state index is 0.372. The first-order valence-corrected chi connectivity index (χ1v) is 7.75. The summed E-state index contributed by atoms with van der Waals surface area (Å²) in [5, 5.41) is 0. The van der Waals surface area contributed by atoms with Crippen LogP contribution in [0.25, 0.3) is 0 Å². The summed E-state index contributed by atoms with van der Waals surface area (Å²) in [4.78, 5) is 23.3. The Labute approximate surface area is 144 Å². The van der Waals surface area contributed by atoms with Crippen molar-refractivity contribution in [2.45, 2.75) is 0 Å². The number of halogens is 2. The summed E-state index contributed by atoms with van der Waals surface area (Å²) in [6.45, 7) is 0. The Kier molecular flexibility index (Phi) is 5.91. The van der Waals surface area contributed by atoms with Crippen LogP contribution in [0.4, 0.5) is 0 Å². The summed E-state index contributed by atoms with van der Waals surface area (Å²) in [6.07, 6.45) is 2.03. The number of esters is 2. The fraction of sp³-hybridized carbons (Fsp3) is 0. The van der Waals surface area contributed by atoms with E-state index in [9.17, 15) is 9.59 Å². The van der Waals surface area contributed by atoms with Gasteiger partial charge in [-0.05, 0) is 56.1 Å². The molecule has 2 aromatic carbocycles. The van der Waals surface area contributed by atoms with Crippen LogP contribution in [0.3, 0.4) is 0 Å². The van der Waals surface area contributed by atoms with Crippen molar-refractivity contribution in [2.75, 3.05) is 0 Å². The Morgan fingerprint density at radius 3 is 1.45 bits per heavy atom. The molecule has 2 aromatic rings. The van der Waals surface area contributed by atoms with Gasteiger partial charge >= 0.3 is 11.9 Å². The SMILES string of the molecule is O=C(/C=C/C(=O)Oc1ccccc1Br)Oc1ccccc1Br. The van der Waals surface area contributed by atoms with Crippen molar-refractivity contribution in [3.8, 4) is 11.5 Å². The van der Waals surface area contributed by atoms with Crippen LogP contribution in [0.1, 0.15) is 0 Å². The van der Waals surface area contributed by atoms with E-state index in [-0.39, 0.29) is 0 Å². The van der Waals surface area contributed by atoms with Crippen LogP contribution in [0.2, 0.25) is 0 Å². The number of ether oxygens (including phenoxy) is 2. The average Bonchev–Trinajstić information content (AvgIpc) is 2.50. The normalized spacial score (nSPS) is 10.5. The third kappa shape index (κ3) is 4.82. The third-order valence-corrected chi connectivity index (χ3v) is 3.76. The van der Waals surface area contributed by atoms with E-state index in [0.29, 0.717) is 20.4 Å². The molecule has 0 saturated carbocycles. The molecule has 112 valence electrons. The second kappa shape index (κ2) is 7.91. The van der Waals surface area contributed by atoms with E-state index in [1.165, 1.54) is 0 Å². The van der Waals surface area contributed by atoms with Gasteiger partial charge in [0.1, 0.15) is 11.5 Å². The molecule has 6 heteroatoms. The highest BCUT2D eigenvalue weighted by Crippen LogP contribution is 2.24. The van der Waals surface area contributed by atoms with Crippen molar-refractivity contribution in [1.29, 1.82) is 0 Å². The van der Waals surface area contributed by atoms with Gasteiger partial charge in [-0.15, -0.1) is 0 Å². The number of hydrogen-bond donors (Lipinski definition) is 0. The largest absolute Gasteiger partial charge is 0.422 e. The molecule has 0 atom stereocenters. The zero-order valence-electron chi connectivity index (χ0n) is 11.2.